The van der Waals surface area contributed by atoms with E-state index < -0.39 is 5.25 Å². The minimum Gasteiger partial charge on any atom is -0.368 e. The summed E-state index contributed by atoms with van der Waals surface area (Å²) in [5.74, 6) is 0.259. The number of rotatable bonds is 5. The number of thioether (sulfide) groups is 1. The molecule has 3 N–H and O–H groups in total. The van der Waals surface area contributed by atoms with Crippen LogP contribution in [0.5, 0.6) is 0 Å². The molecule has 1 aromatic heterocycles. The van der Waals surface area contributed by atoms with E-state index >= 15 is 0 Å². The third-order valence-electron chi connectivity index (χ3n) is 3.66. The molecule has 0 fully saturated rings. The number of aromatic nitrogens is 3. The highest BCUT2D eigenvalue weighted by Gasteiger charge is 2.25. The van der Waals surface area contributed by atoms with Gasteiger partial charge in [0.25, 0.3) is 0 Å². The number of aryl methyl sites for hydroxylation is 2. The molecule has 0 radical (unpaired) electrons. The quantitative estimate of drug-likeness (QED) is 0.547. The normalized spacial score (nSPS) is 12.1. The molecular weight excluding hydrogens is 320 g/mol. The average molecular weight is 338 g/mol. The first-order chi connectivity index (χ1) is 11.5. The molecule has 3 aromatic rings. The van der Waals surface area contributed by atoms with Gasteiger partial charge in [-0.2, -0.15) is 4.98 Å². The van der Waals surface area contributed by atoms with Gasteiger partial charge in [0.05, 0.1) is 0 Å². The van der Waals surface area contributed by atoms with Crippen molar-refractivity contribution in [1.82, 2.24) is 15.2 Å². The zero-order chi connectivity index (χ0) is 17.1. The lowest BCUT2D eigenvalue weighted by Gasteiger charge is -2.15. The van der Waals surface area contributed by atoms with Gasteiger partial charge in [-0.3, -0.25) is 4.79 Å². The van der Waals surface area contributed by atoms with Crippen LogP contribution in [0.3, 0.4) is 0 Å². The first-order valence-corrected chi connectivity index (χ1v) is 8.43. The third kappa shape index (κ3) is 3.65. The first kappa shape index (κ1) is 16.3. The minimum atomic E-state index is -0.427. The Morgan fingerprint density at radius 2 is 1.62 bits per heavy atom. The topological polar surface area (TPSA) is 84.7 Å². The molecule has 0 spiro atoms. The molecule has 6 heteroatoms. The molecule has 0 saturated heterocycles. The zero-order valence-corrected chi connectivity index (χ0v) is 14.3. The molecule has 0 aliphatic rings. The van der Waals surface area contributed by atoms with Gasteiger partial charge < -0.3 is 5.73 Å². The van der Waals surface area contributed by atoms with Gasteiger partial charge in [-0.05, 0) is 19.4 Å². The Labute approximate surface area is 144 Å². The molecule has 0 aliphatic heterocycles. The lowest BCUT2D eigenvalue weighted by atomic mass is 10.0. The molecule has 0 unspecified atom stereocenters. The minimum absolute atomic E-state index is 0.0206. The summed E-state index contributed by atoms with van der Waals surface area (Å²) in [4.78, 5) is 17.1. The number of Topliss-reactive ketones (excluding diaryl/α,β-unsaturated/α-hetero) is 1. The number of aromatic amines is 1. The maximum absolute atomic E-state index is 13.0. The fourth-order valence-corrected chi connectivity index (χ4v) is 3.30. The molecule has 5 nitrogen and oxygen atoms in total. The monoisotopic (exact) mass is 338 g/mol. The van der Waals surface area contributed by atoms with Crippen molar-refractivity contribution in [2.24, 2.45) is 0 Å². The standard InChI is InChI=1S/C18H18N4OS/c1-11-3-7-13(8-4-11)15(23)16(14-9-5-12(2)6-10-14)24-18-20-17(19)21-22-18/h3-10,16H,1-2H3,(H3,19,20,21,22)/t16-/m0/s1. The van der Waals surface area contributed by atoms with E-state index in [0.717, 1.165) is 16.7 Å². The summed E-state index contributed by atoms with van der Waals surface area (Å²) < 4.78 is 0. The Morgan fingerprint density at radius 3 is 2.17 bits per heavy atom. The maximum Gasteiger partial charge on any atom is 0.216 e. The molecule has 0 amide bonds. The van der Waals surface area contributed by atoms with E-state index in [2.05, 4.69) is 15.2 Å². The summed E-state index contributed by atoms with van der Waals surface area (Å²) in [5.41, 5.74) is 9.44. The zero-order valence-electron chi connectivity index (χ0n) is 13.5. The molecule has 2 aromatic carbocycles. The summed E-state index contributed by atoms with van der Waals surface area (Å²) in [6.07, 6.45) is 0. The Balaban J connectivity index is 1.95. The highest BCUT2D eigenvalue weighted by atomic mass is 32.2. The van der Waals surface area contributed by atoms with Crippen molar-refractivity contribution in [2.45, 2.75) is 24.3 Å². The number of nitrogens with zero attached hydrogens (tertiary/aromatic N) is 2. The lowest BCUT2D eigenvalue weighted by Crippen LogP contribution is -2.10. The number of nitrogens with two attached hydrogens (primary N) is 1. The summed E-state index contributed by atoms with van der Waals surface area (Å²) in [6, 6.07) is 15.5. The number of ketones is 1. The Bertz CT molecular complexity index is 840. The molecule has 0 aliphatic carbocycles. The van der Waals surface area contributed by atoms with Gasteiger partial charge >= 0.3 is 0 Å². The van der Waals surface area contributed by atoms with Crippen LogP contribution >= 0.6 is 11.8 Å². The van der Waals surface area contributed by atoms with E-state index in [-0.39, 0.29) is 11.7 Å². The van der Waals surface area contributed by atoms with Gasteiger partial charge in [-0.15, -0.1) is 5.10 Å². The van der Waals surface area contributed by atoms with Gasteiger partial charge in [0, 0.05) is 5.56 Å². The number of nitrogens with one attached hydrogen (secondary N) is 1. The van der Waals surface area contributed by atoms with Crippen LogP contribution in [0.15, 0.2) is 53.7 Å². The number of hydrogen-bond acceptors (Lipinski definition) is 5. The highest BCUT2D eigenvalue weighted by Crippen LogP contribution is 2.36. The van der Waals surface area contributed by atoms with Crippen LogP contribution in [0, 0.1) is 13.8 Å². The van der Waals surface area contributed by atoms with Crippen LogP contribution in [0.1, 0.15) is 32.3 Å². The van der Waals surface area contributed by atoms with Crippen LogP contribution in [0.25, 0.3) is 0 Å². The number of hydrogen-bond donors (Lipinski definition) is 2. The molecule has 24 heavy (non-hydrogen) atoms. The molecule has 0 bridgehead atoms. The van der Waals surface area contributed by atoms with Crippen molar-refractivity contribution in [3.8, 4) is 0 Å². The van der Waals surface area contributed by atoms with Gasteiger partial charge in [0.2, 0.25) is 11.1 Å². The highest BCUT2D eigenvalue weighted by molar-refractivity contribution is 8.00. The Kier molecular flexibility index (Phi) is 4.66. The number of anilines is 1. The summed E-state index contributed by atoms with van der Waals surface area (Å²) in [5, 5.41) is 6.67. The van der Waals surface area contributed by atoms with Crippen molar-refractivity contribution in [1.29, 1.82) is 0 Å². The SMILES string of the molecule is Cc1ccc(C(=O)[C@@H](Sc2n[nH]c(N)n2)c2ccc(C)cc2)cc1. The molecule has 1 heterocycles. The fourth-order valence-electron chi connectivity index (χ4n) is 2.30. The van der Waals surface area contributed by atoms with Gasteiger partial charge in [0.15, 0.2) is 5.78 Å². The van der Waals surface area contributed by atoms with Gasteiger partial charge in [-0.1, -0.05) is 71.4 Å². The number of carbonyl (C=O) groups excluding carboxylic acids is 1. The average Bonchev–Trinajstić information content (AvgIpc) is 2.99. The van der Waals surface area contributed by atoms with E-state index in [0.29, 0.717) is 10.7 Å². The van der Waals surface area contributed by atoms with E-state index in [1.807, 2.05) is 62.4 Å². The second-order valence-electron chi connectivity index (χ2n) is 5.64. The number of carbonyl (C=O) groups is 1. The van der Waals surface area contributed by atoms with Crippen molar-refractivity contribution >= 4 is 23.5 Å². The third-order valence-corrected chi connectivity index (χ3v) is 4.78. The number of H-pyrrole nitrogens is 1. The predicted molar refractivity (Wildman–Crippen MR) is 96.1 cm³/mol. The summed E-state index contributed by atoms with van der Waals surface area (Å²) in [6.45, 7) is 4.01. The Hall–Kier alpha value is -2.60. The maximum atomic E-state index is 13.0. The van der Waals surface area contributed by atoms with Crippen LogP contribution < -0.4 is 5.73 Å². The smallest absolute Gasteiger partial charge is 0.216 e. The van der Waals surface area contributed by atoms with E-state index in [4.69, 9.17) is 5.73 Å². The van der Waals surface area contributed by atoms with E-state index in [1.54, 1.807) is 0 Å². The van der Waals surface area contributed by atoms with Gasteiger partial charge in [-0.25, -0.2) is 5.10 Å². The molecule has 0 saturated carbocycles. The van der Waals surface area contributed by atoms with Crippen molar-refractivity contribution in [3.63, 3.8) is 0 Å². The molecular formula is C18H18N4OS. The number of nitrogen functional groups attached to an aromatic ring is 1. The lowest BCUT2D eigenvalue weighted by molar-refractivity contribution is 0.0989. The second kappa shape index (κ2) is 6.88. The first-order valence-electron chi connectivity index (χ1n) is 7.55. The fraction of sp³-hybridized carbons (Fsp3) is 0.167. The van der Waals surface area contributed by atoms with Crippen LogP contribution in [-0.2, 0) is 0 Å². The summed E-state index contributed by atoms with van der Waals surface area (Å²) in [7, 11) is 0. The largest absolute Gasteiger partial charge is 0.368 e. The second-order valence-corrected chi connectivity index (χ2v) is 6.71. The van der Waals surface area contributed by atoms with Crippen LogP contribution in [-0.4, -0.2) is 21.0 Å². The van der Waals surface area contributed by atoms with Crippen molar-refractivity contribution < 1.29 is 4.79 Å². The predicted octanol–water partition coefficient (Wildman–Crippen LogP) is 3.72. The molecule has 122 valence electrons. The van der Waals surface area contributed by atoms with E-state index in [1.165, 1.54) is 11.8 Å². The molecule has 3 rings (SSSR count). The number of benzene rings is 2. The van der Waals surface area contributed by atoms with Gasteiger partial charge in [0.1, 0.15) is 5.25 Å². The summed E-state index contributed by atoms with van der Waals surface area (Å²) >= 11 is 1.29. The Morgan fingerprint density at radius 1 is 1.04 bits per heavy atom. The van der Waals surface area contributed by atoms with Crippen molar-refractivity contribution in [2.75, 3.05) is 5.73 Å². The van der Waals surface area contributed by atoms with Crippen LogP contribution in [0.2, 0.25) is 0 Å². The van der Waals surface area contributed by atoms with Crippen LogP contribution in [0.4, 0.5) is 5.95 Å². The van der Waals surface area contributed by atoms with E-state index in [9.17, 15) is 4.79 Å². The molecule has 1 atom stereocenters. The van der Waals surface area contributed by atoms with Crippen molar-refractivity contribution in [3.05, 3.63) is 70.8 Å².